The summed E-state index contributed by atoms with van der Waals surface area (Å²) in [5.74, 6) is -0.201. The fourth-order valence-electron chi connectivity index (χ4n) is 2.32. The number of aromatic nitrogens is 1. The summed E-state index contributed by atoms with van der Waals surface area (Å²) in [6, 6.07) is 9.25. The first-order valence-corrected chi connectivity index (χ1v) is 7.42. The minimum atomic E-state index is -0.201. The van der Waals surface area contributed by atoms with E-state index in [-0.39, 0.29) is 5.82 Å². The minimum absolute atomic E-state index is 0.201. The molecule has 0 N–H and O–H groups in total. The van der Waals surface area contributed by atoms with Gasteiger partial charge in [0.1, 0.15) is 5.82 Å². The number of aryl methyl sites for hydroxylation is 2. The van der Waals surface area contributed by atoms with E-state index in [1.54, 1.807) is 12.1 Å². The van der Waals surface area contributed by atoms with E-state index in [4.69, 9.17) is 0 Å². The van der Waals surface area contributed by atoms with Crippen molar-refractivity contribution in [2.75, 3.05) is 0 Å². The average molecular weight is 271 g/mol. The van der Waals surface area contributed by atoms with Gasteiger partial charge < -0.3 is 0 Å². The van der Waals surface area contributed by atoms with Crippen LogP contribution in [0.25, 0.3) is 11.3 Å². The van der Waals surface area contributed by atoms with Gasteiger partial charge in [-0.3, -0.25) is 4.98 Å². The van der Waals surface area contributed by atoms with Crippen molar-refractivity contribution in [3.05, 3.63) is 53.5 Å². The lowest BCUT2D eigenvalue weighted by molar-refractivity contribution is 0.629. The quantitative estimate of drug-likeness (QED) is 0.648. The zero-order chi connectivity index (χ0) is 14.4. The van der Waals surface area contributed by atoms with E-state index in [1.165, 1.54) is 31.2 Å². The largest absolute Gasteiger partial charge is 0.256 e. The molecule has 2 heteroatoms. The maximum atomic E-state index is 13.9. The highest BCUT2D eigenvalue weighted by atomic mass is 19.1. The fourth-order valence-corrected chi connectivity index (χ4v) is 2.32. The lowest BCUT2D eigenvalue weighted by Crippen LogP contribution is -1.92. The SMILES string of the molecule is CCCCCCc1ccc(-c2ccc(C)cc2F)nc1. The molecule has 1 heterocycles. The van der Waals surface area contributed by atoms with E-state index < -0.39 is 0 Å². The number of halogens is 1. The van der Waals surface area contributed by atoms with Gasteiger partial charge in [0.2, 0.25) is 0 Å². The van der Waals surface area contributed by atoms with Crippen LogP contribution in [-0.4, -0.2) is 4.98 Å². The molecule has 0 unspecified atom stereocenters. The molecule has 1 aromatic carbocycles. The Balaban J connectivity index is 2.04. The summed E-state index contributed by atoms with van der Waals surface area (Å²) < 4.78 is 13.9. The molecule has 1 nitrogen and oxygen atoms in total. The average Bonchev–Trinajstić information content (AvgIpc) is 2.45. The molecule has 0 fully saturated rings. The first-order valence-electron chi connectivity index (χ1n) is 7.42. The first kappa shape index (κ1) is 14.7. The molecule has 0 saturated carbocycles. The number of rotatable bonds is 6. The molecule has 2 rings (SSSR count). The summed E-state index contributed by atoms with van der Waals surface area (Å²) in [6.45, 7) is 4.10. The van der Waals surface area contributed by atoms with Gasteiger partial charge in [-0.05, 0) is 49.1 Å². The summed E-state index contributed by atoms with van der Waals surface area (Å²) in [7, 11) is 0. The summed E-state index contributed by atoms with van der Waals surface area (Å²) >= 11 is 0. The smallest absolute Gasteiger partial charge is 0.132 e. The molecule has 0 aliphatic carbocycles. The second kappa shape index (κ2) is 7.18. The maximum absolute atomic E-state index is 13.9. The molecule has 0 atom stereocenters. The highest BCUT2D eigenvalue weighted by Gasteiger charge is 2.06. The Morgan fingerprint density at radius 3 is 2.55 bits per heavy atom. The third-order valence-corrected chi connectivity index (χ3v) is 3.54. The molecule has 0 spiro atoms. The van der Waals surface area contributed by atoms with Crippen molar-refractivity contribution in [3.8, 4) is 11.3 Å². The molecule has 0 amide bonds. The van der Waals surface area contributed by atoms with Gasteiger partial charge in [0.15, 0.2) is 0 Å². The third-order valence-electron chi connectivity index (χ3n) is 3.54. The highest BCUT2D eigenvalue weighted by molar-refractivity contribution is 5.60. The van der Waals surface area contributed by atoms with Crippen LogP contribution in [0.15, 0.2) is 36.5 Å². The van der Waals surface area contributed by atoms with E-state index in [0.29, 0.717) is 11.3 Å². The van der Waals surface area contributed by atoms with Crippen LogP contribution < -0.4 is 0 Å². The Hall–Kier alpha value is -1.70. The normalized spacial score (nSPS) is 10.8. The number of nitrogens with zero attached hydrogens (tertiary/aromatic N) is 1. The molecule has 106 valence electrons. The van der Waals surface area contributed by atoms with Gasteiger partial charge in [-0.1, -0.05) is 38.3 Å². The number of pyridine rings is 1. The number of benzene rings is 1. The number of hydrogen-bond acceptors (Lipinski definition) is 1. The zero-order valence-electron chi connectivity index (χ0n) is 12.3. The van der Waals surface area contributed by atoms with Gasteiger partial charge >= 0.3 is 0 Å². The van der Waals surface area contributed by atoms with E-state index in [9.17, 15) is 4.39 Å². The van der Waals surface area contributed by atoms with Gasteiger partial charge in [0.05, 0.1) is 5.69 Å². The van der Waals surface area contributed by atoms with E-state index in [2.05, 4.69) is 18.0 Å². The van der Waals surface area contributed by atoms with Crippen LogP contribution in [0, 0.1) is 12.7 Å². The van der Waals surface area contributed by atoms with Crippen LogP contribution in [0.5, 0.6) is 0 Å². The molecule has 1 aromatic heterocycles. The van der Waals surface area contributed by atoms with E-state index >= 15 is 0 Å². The van der Waals surface area contributed by atoms with Crippen LogP contribution >= 0.6 is 0 Å². The van der Waals surface area contributed by atoms with Crippen LogP contribution in [-0.2, 0) is 6.42 Å². The lowest BCUT2D eigenvalue weighted by Gasteiger charge is -2.05. The molecule has 0 bridgehead atoms. The van der Waals surface area contributed by atoms with Gasteiger partial charge in [-0.25, -0.2) is 4.39 Å². The van der Waals surface area contributed by atoms with Gasteiger partial charge in [-0.15, -0.1) is 0 Å². The Morgan fingerprint density at radius 2 is 1.90 bits per heavy atom. The first-order chi connectivity index (χ1) is 9.70. The third kappa shape index (κ3) is 3.89. The van der Waals surface area contributed by atoms with Gasteiger partial charge in [-0.2, -0.15) is 0 Å². The van der Waals surface area contributed by atoms with Crippen molar-refractivity contribution < 1.29 is 4.39 Å². The number of unbranched alkanes of at least 4 members (excludes halogenated alkanes) is 3. The maximum Gasteiger partial charge on any atom is 0.132 e. The molecule has 0 saturated heterocycles. The van der Waals surface area contributed by atoms with Crippen molar-refractivity contribution in [1.82, 2.24) is 4.98 Å². The van der Waals surface area contributed by atoms with Gasteiger partial charge in [0, 0.05) is 11.8 Å². The Kier molecular flexibility index (Phi) is 5.28. The molecule has 0 aliphatic rings. The van der Waals surface area contributed by atoms with Crippen LogP contribution in [0.4, 0.5) is 4.39 Å². The molecule has 2 aromatic rings. The molecule has 0 radical (unpaired) electrons. The summed E-state index contributed by atoms with van der Waals surface area (Å²) in [5, 5.41) is 0. The van der Waals surface area contributed by atoms with Crippen molar-refractivity contribution >= 4 is 0 Å². The monoisotopic (exact) mass is 271 g/mol. The van der Waals surface area contributed by atoms with Gasteiger partial charge in [0.25, 0.3) is 0 Å². The fraction of sp³-hybridized carbons (Fsp3) is 0.389. The molecular weight excluding hydrogens is 249 g/mol. The molecular formula is C18H22FN. The van der Waals surface area contributed by atoms with Crippen LogP contribution in [0.2, 0.25) is 0 Å². The van der Waals surface area contributed by atoms with Crippen molar-refractivity contribution in [2.24, 2.45) is 0 Å². The van der Waals surface area contributed by atoms with Crippen molar-refractivity contribution in [3.63, 3.8) is 0 Å². The second-order valence-corrected chi connectivity index (χ2v) is 5.35. The topological polar surface area (TPSA) is 12.9 Å². The predicted octanol–water partition coefficient (Wildman–Crippen LogP) is 5.32. The van der Waals surface area contributed by atoms with Crippen molar-refractivity contribution in [2.45, 2.75) is 46.0 Å². The Morgan fingerprint density at radius 1 is 1.05 bits per heavy atom. The predicted molar refractivity (Wildman–Crippen MR) is 82.2 cm³/mol. The second-order valence-electron chi connectivity index (χ2n) is 5.35. The minimum Gasteiger partial charge on any atom is -0.256 e. The molecule has 0 aliphatic heterocycles. The Labute approximate surface area is 120 Å². The van der Waals surface area contributed by atoms with Crippen LogP contribution in [0.3, 0.4) is 0 Å². The Bertz CT molecular complexity index is 546. The van der Waals surface area contributed by atoms with Crippen molar-refractivity contribution in [1.29, 1.82) is 0 Å². The van der Waals surface area contributed by atoms with E-state index in [1.807, 2.05) is 25.3 Å². The number of hydrogen-bond donors (Lipinski definition) is 0. The zero-order valence-corrected chi connectivity index (χ0v) is 12.3. The van der Waals surface area contributed by atoms with E-state index in [0.717, 1.165) is 12.0 Å². The summed E-state index contributed by atoms with van der Waals surface area (Å²) in [6.07, 6.45) is 7.95. The summed E-state index contributed by atoms with van der Waals surface area (Å²) in [5.41, 5.74) is 3.45. The molecule has 20 heavy (non-hydrogen) atoms. The standard InChI is InChI=1S/C18H22FN/c1-3-4-5-6-7-15-9-11-18(20-13-15)16-10-8-14(2)12-17(16)19/h8-13H,3-7H2,1-2H3. The lowest BCUT2D eigenvalue weighted by atomic mass is 10.1. The highest BCUT2D eigenvalue weighted by Crippen LogP contribution is 2.22. The summed E-state index contributed by atoms with van der Waals surface area (Å²) in [4.78, 5) is 4.40. The van der Waals surface area contributed by atoms with Crippen LogP contribution in [0.1, 0.15) is 43.7 Å².